The van der Waals surface area contributed by atoms with Crippen molar-refractivity contribution in [3.05, 3.63) is 34.4 Å². The van der Waals surface area contributed by atoms with Gasteiger partial charge in [0.15, 0.2) is 5.78 Å². The number of hydrogen-bond donors (Lipinski definition) is 0. The summed E-state index contributed by atoms with van der Waals surface area (Å²) in [5.74, 6) is 1.17. The van der Waals surface area contributed by atoms with Crippen molar-refractivity contribution in [2.45, 2.75) is 70.3 Å². The number of allylic oxidation sites excluding steroid dienone is 4. The van der Waals surface area contributed by atoms with Crippen LogP contribution in [0.15, 0.2) is 34.4 Å². The molecule has 3 unspecified atom stereocenters. The summed E-state index contributed by atoms with van der Waals surface area (Å²) >= 11 is 0. The Balaban J connectivity index is 1.56. The van der Waals surface area contributed by atoms with E-state index in [2.05, 4.69) is 6.92 Å². The molecule has 2 saturated carbocycles. The van der Waals surface area contributed by atoms with E-state index in [9.17, 15) is 13.6 Å². The maximum atomic E-state index is 13.7. The lowest BCUT2D eigenvalue weighted by Gasteiger charge is -2.52. The molecular weight excluding hydrogens is 334 g/mol. The second-order valence-corrected chi connectivity index (χ2v) is 9.01. The van der Waals surface area contributed by atoms with Gasteiger partial charge in [0.05, 0.1) is 6.61 Å². The fourth-order valence-electron chi connectivity index (χ4n) is 7.13. The Morgan fingerprint density at radius 3 is 2.77 bits per heavy atom. The lowest BCUT2D eigenvalue weighted by atomic mass is 9.54. The summed E-state index contributed by atoms with van der Waals surface area (Å²) in [5, 5.41) is 0. The number of fused-ring (bicyclic) bond motifs is 5. The van der Waals surface area contributed by atoms with Gasteiger partial charge in [0.2, 0.25) is 0 Å². The normalized spacial score (nSPS) is 41.9. The fourth-order valence-corrected chi connectivity index (χ4v) is 7.13. The van der Waals surface area contributed by atoms with Gasteiger partial charge in [-0.2, -0.15) is 8.78 Å². The Labute approximate surface area is 153 Å². The molecule has 0 aromatic carbocycles. The molecule has 5 aliphatic rings. The molecule has 5 rings (SSSR count). The molecule has 1 heterocycles. The van der Waals surface area contributed by atoms with Gasteiger partial charge >= 0.3 is 0 Å². The molecule has 4 heteroatoms. The predicted molar refractivity (Wildman–Crippen MR) is 94.7 cm³/mol. The van der Waals surface area contributed by atoms with Crippen molar-refractivity contribution >= 4 is 5.78 Å². The molecule has 4 aliphatic carbocycles. The van der Waals surface area contributed by atoms with Crippen molar-refractivity contribution in [3.8, 4) is 0 Å². The van der Waals surface area contributed by atoms with Gasteiger partial charge < -0.3 is 4.74 Å². The van der Waals surface area contributed by atoms with Crippen LogP contribution in [-0.2, 0) is 9.53 Å². The molecule has 0 aromatic heterocycles. The summed E-state index contributed by atoms with van der Waals surface area (Å²) in [7, 11) is 0. The average molecular weight is 360 g/mol. The molecule has 26 heavy (non-hydrogen) atoms. The minimum absolute atomic E-state index is 0.192. The molecule has 1 aliphatic heterocycles. The molecule has 0 aromatic rings. The molecule has 0 N–H and O–H groups in total. The fraction of sp³-hybridized carbons (Fsp3) is 0.682. The van der Waals surface area contributed by atoms with Crippen LogP contribution in [0.2, 0.25) is 0 Å². The molecule has 140 valence electrons. The summed E-state index contributed by atoms with van der Waals surface area (Å²) in [5.41, 5.74) is 3.60. The molecule has 0 amide bonds. The van der Waals surface area contributed by atoms with E-state index in [1.54, 1.807) is 5.57 Å². The van der Waals surface area contributed by atoms with Crippen LogP contribution in [0.1, 0.15) is 64.7 Å². The third-order valence-corrected chi connectivity index (χ3v) is 8.27. The number of carbonyl (C=O) groups excluding carboxylic acids is 1. The highest BCUT2D eigenvalue weighted by Crippen LogP contribution is 2.68. The number of rotatable bonds is 0. The highest BCUT2D eigenvalue weighted by molar-refractivity contribution is 5.93. The Morgan fingerprint density at radius 1 is 1.12 bits per heavy atom. The highest BCUT2D eigenvalue weighted by atomic mass is 19.3. The topological polar surface area (TPSA) is 26.3 Å². The number of ether oxygens (including phenoxy) is 1. The van der Waals surface area contributed by atoms with Crippen LogP contribution in [0.3, 0.4) is 0 Å². The number of carbonyl (C=O) groups is 1. The largest absolute Gasteiger partial charge is 0.370 e. The SMILES string of the molecule is CC12CCC3=C4CCC(=O)C=C4CCC3C1CC[C@]21OCCC1=C(F)F. The molecule has 0 bridgehead atoms. The average Bonchev–Trinajstić information content (AvgIpc) is 3.18. The lowest BCUT2D eigenvalue weighted by molar-refractivity contribution is -0.114. The zero-order valence-corrected chi connectivity index (χ0v) is 15.4. The van der Waals surface area contributed by atoms with Crippen molar-refractivity contribution in [2.24, 2.45) is 17.3 Å². The Hall–Kier alpha value is -1.29. The van der Waals surface area contributed by atoms with E-state index in [0.29, 0.717) is 36.9 Å². The van der Waals surface area contributed by atoms with Gasteiger partial charge in [-0.3, -0.25) is 4.79 Å². The molecule has 1 saturated heterocycles. The zero-order chi connectivity index (χ0) is 18.1. The van der Waals surface area contributed by atoms with Crippen LogP contribution in [0.4, 0.5) is 8.78 Å². The van der Waals surface area contributed by atoms with E-state index in [1.165, 1.54) is 11.1 Å². The molecule has 2 nitrogen and oxygen atoms in total. The quantitative estimate of drug-likeness (QED) is 0.570. The minimum atomic E-state index is -1.51. The summed E-state index contributed by atoms with van der Waals surface area (Å²) in [6.07, 6.45) is 7.90. The van der Waals surface area contributed by atoms with E-state index in [4.69, 9.17) is 4.74 Å². The number of ketones is 1. The Bertz CT molecular complexity index is 773. The van der Waals surface area contributed by atoms with E-state index in [-0.39, 0.29) is 11.2 Å². The summed E-state index contributed by atoms with van der Waals surface area (Å²) in [6.45, 7) is 2.65. The van der Waals surface area contributed by atoms with Gasteiger partial charge in [-0.25, -0.2) is 0 Å². The van der Waals surface area contributed by atoms with Gasteiger partial charge in [-0.05, 0) is 74.0 Å². The van der Waals surface area contributed by atoms with Crippen molar-refractivity contribution in [1.82, 2.24) is 0 Å². The molecule has 4 atom stereocenters. The van der Waals surface area contributed by atoms with Crippen LogP contribution in [-0.4, -0.2) is 18.0 Å². The van der Waals surface area contributed by atoms with Crippen molar-refractivity contribution in [2.75, 3.05) is 6.61 Å². The standard InChI is InChI=1S/C22H26F2O2/c1-21-9-6-16-15-5-3-14(25)12-13(15)2-4-17(16)18(21)7-10-22(21)19(20(23)24)8-11-26-22/h12,17-18H,2-11H2,1H3/t17?,18?,21?,22-/m1/s1. The summed E-state index contributed by atoms with van der Waals surface area (Å²) in [6, 6.07) is 0. The second kappa shape index (κ2) is 5.60. The van der Waals surface area contributed by atoms with E-state index < -0.39 is 11.7 Å². The van der Waals surface area contributed by atoms with E-state index in [1.807, 2.05) is 6.08 Å². The van der Waals surface area contributed by atoms with E-state index >= 15 is 0 Å². The number of halogens is 2. The Morgan fingerprint density at radius 2 is 1.96 bits per heavy atom. The maximum absolute atomic E-state index is 13.7. The predicted octanol–water partition coefficient (Wildman–Crippen LogP) is 5.50. The Kier molecular flexibility index (Phi) is 3.63. The first-order chi connectivity index (χ1) is 12.5. The van der Waals surface area contributed by atoms with Gasteiger partial charge in [0.25, 0.3) is 6.08 Å². The van der Waals surface area contributed by atoms with Crippen molar-refractivity contribution < 1.29 is 18.3 Å². The number of hydrogen-bond acceptors (Lipinski definition) is 2. The van der Waals surface area contributed by atoms with Crippen LogP contribution < -0.4 is 0 Å². The molecule has 0 radical (unpaired) electrons. The van der Waals surface area contributed by atoms with Crippen LogP contribution >= 0.6 is 0 Å². The van der Waals surface area contributed by atoms with Gasteiger partial charge in [-0.15, -0.1) is 0 Å². The van der Waals surface area contributed by atoms with Gasteiger partial charge in [0, 0.05) is 23.8 Å². The third-order valence-electron chi connectivity index (χ3n) is 8.27. The smallest absolute Gasteiger partial charge is 0.272 e. The summed E-state index contributed by atoms with van der Waals surface area (Å²) < 4.78 is 33.6. The lowest BCUT2D eigenvalue weighted by Crippen LogP contribution is -2.50. The van der Waals surface area contributed by atoms with Crippen molar-refractivity contribution in [3.63, 3.8) is 0 Å². The van der Waals surface area contributed by atoms with Crippen LogP contribution in [0.5, 0.6) is 0 Å². The monoisotopic (exact) mass is 360 g/mol. The van der Waals surface area contributed by atoms with Gasteiger partial charge in [-0.1, -0.05) is 12.5 Å². The first kappa shape index (κ1) is 16.9. The minimum Gasteiger partial charge on any atom is -0.370 e. The van der Waals surface area contributed by atoms with Crippen LogP contribution in [0, 0.1) is 17.3 Å². The highest BCUT2D eigenvalue weighted by Gasteiger charge is 2.65. The summed E-state index contributed by atoms with van der Waals surface area (Å²) in [4.78, 5) is 11.8. The molecule has 1 spiro atoms. The maximum Gasteiger partial charge on any atom is 0.272 e. The van der Waals surface area contributed by atoms with Crippen LogP contribution in [0.25, 0.3) is 0 Å². The molecular formula is C22H26F2O2. The zero-order valence-electron chi connectivity index (χ0n) is 15.4. The third kappa shape index (κ3) is 2.02. The first-order valence-electron chi connectivity index (χ1n) is 10.1. The van der Waals surface area contributed by atoms with Gasteiger partial charge in [0.1, 0.15) is 5.60 Å². The van der Waals surface area contributed by atoms with Crippen molar-refractivity contribution in [1.29, 1.82) is 0 Å². The first-order valence-corrected chi connectivity index (χ1v) is 10.1. The second-order valence-electron chi connectivity index (χ2n) is 9.01. The van der Waals surface area contributed by atoms with E-state index in [0.717, 1.165) is 44.9 Å². The molecule has 3 fully saturated rings.